The molecule has 0 spiro atoms. The highest BCUT2D eigenvalue weighted by Gasteiger charge is 2.14. The minimum Gasteiger partial charge on any atom is -0.352 e. The van der Waals surface area contributed by atoms with Crippen molar-refractivity contribution < 1.29 is 9.18 Å². The summed E-state index contributed by atoms with van der Waals surface area (Å²) in [5, 5.41) is 3.65. The molecular weight excluding hydrogens is 358 g/mol. The topological polar surface area (TPSA) is 42.0 Å². The Morgan fingerprint density at radius 1 is 1.22 bits per heavy atom. The highest BCUT2D eigenvalue weighted by atomic mass is 35.5. The molecule has 1 heterocycles. The van der Waals surface area contributed by atoms with Gasteiger partial charge in [0, 0.05) is 13.0 Å². The number of amides is 1. The third kappa shape index (κ3) is 3.63. The van der Waals surface area contributed by atoms with Crippen molar-refractivity contribution in [3.05, 3.63) is 62.8 Å². The lowest BCUT2D eigenvalue weighted by Gasteiger charge is -2.07. The van der Waals surface area contributed by atoms with Crippen LogP contribution < -0.4 is 5.32 Å². The van der Waals surface area contributed by atoms with E-state index in [1.165, 1.54) is 6.07 Å². The van der Waals surface area contributed by atoms with Gasteiger partial charge >= 0.3 is 0 Å². The molecule has 0 fully saturated rings. The molecule has 3 nitrogen and oxygen atoms in total. The number of hydrogen-bond donors (Lipinski definition) is 1. The number of carbonyl (C=O) groups is 1. The number of nitrogens with one attached hydrogen (secondary N) is 1. The molecule has 3 rings (SSSR count). The molecule has 3 aromatic rings. The first kappa shape index (κ1) is 16.2. The first-order valence-corrected chi connectivity index (χ1v) is 8.39. The van der Waals surface area contributed by atoms with Crippen LogP contribution in [0.15, 0.2) is 36.4 Å². The molecule has 0 radical (unpaired) electrons. The van der Waals surface area contributed by atoms with E-state index in [-0.39, 0.29) is 15.6 Å². The number of hydrogen-bond acceptors (Lipinski definition) is 3. The van der Waals surface area contributed by atoms with E-state index < -0.39 is 11.7 Å². The van der Waals surface area contributed by atoms with Crippen LogP contribution in [0.2, 0.25) is 10.0 Å². The van der Waals surface area contributed by atoms with Gasteiger partial charge in [-0.1, -0.05) is 35.3 Å². The van der Waals surface area contributed by atoms with E-state index in [9.17, 15) is 9.18 Å². The van der Waals surface area contributed by atoms with Crippen molar-refractivity contribution >= 4 is 50.7 Å². The summed E-state index contributed by atoms with van der Waals surface area (Å²) < 4.78 is 14.6. The zero-order chi connectivity index (χ0) is 16.4. The molecule has 0 aliphatic carbocycles. The van der Waals surface area contributed by atoms with E-state index >= 15 is 0 Å². The van der Waals surface area contributed by atoms with Gasteiger partial charge in [-0.2, -0.15) is 0 Å². The van der Waals surface area contributed by atoms with E-state index in [1.807, 2.05) is 24.3 Å². The van der Waals surface area contributed by atoms with Crippen LogP contribution in [0, 0.1) is 5.82 Å². The predicted molar refractivity (Wildman–Crippen MR) is 92.1 cm³/mol. The number of fused-ring (bicyclic) bond motifs is 1. The number of nitrogens with zero attached hydrogens (tertiary/aromatic N) is 1. The SMILES string of the molecule is O=C(NCCc1nc2ccccc2s1)c1cc(F)c(Cl)cc1Cl. The van der Waals surface area contributed by atoms with Gasteiger partial charge < -0.3 is 5.32 Å². The van der Waals surface area contributed by atoms with Crippen molar-refractivity contribution in [3.8, 4) is 0 Å². The molecule has 23 heavy (non-hydrogen) atoms. The quantitative estimate of drug-likeness (QED) is 0.677. The van der Waals surface area contributed by atoms with Crippen LogP contribution in [0.25, 0.3) is 10.2 Å². The summed E-state index contributed by atoms with van der Waals surface area (Å²) in [5.41, 5.74) is 1.01. The van der Waals surface area contributed by atoms with Gasteiger partial charge in [0.2, 0.25) is 0 Å². The Bertz CT molecular complexity index is 849. The fourth-order valence-electron chi connectivity index (χ4n) is 2.10. The Kier molecular flexibility index (Phi) is 4.80. The van der Waals surface area contributed by atoms with E-state index in [1.54, 1.807) is 11.3 Å². The maximum atomic E-state index is 13.4. The van der Waals surface area contributed by atoms with Gasteiger partial charge in [-0.05, 0) is 24.3 Å². The maximum Gasteiger partial charge on any atom is 0.252 e. The van der Waals surface area contributed by atoms with Crippen molar-refractivity contribution in [1.82, 2.24) is 10.3 Å². The monoisotopic (exact) mass is 368 g/mol. The Morgan fingerprint density at radius 3 is 2.78 bits per heavy atom. The van der Waals surface area contributed by atoms with Gasteiger partial charge in [0.05, 0.1) is 30.8 Å². The standard InChI is InChI=1S/C16H11Cl2FN2OS/c17-10-8-11(18)12(19)7-9(10)16(22)20-6-5-15-21-13-3-1-2-4-14(13)23-15/h1-4,7-8H,5-6H2,(H,20,22). The number of thiazole rings is 1. The average molecular weight is 369 g/mol. The van der Waals surface area contributed by atoms with Gasteiger partial charge in [0.25, 0.3) is 5.91 Å². The summed E-state index contributed by atoms with van der Waals surface area (Å²) in [6.45, 7) is 0.388. The van der Waals surface area contributed by atoms with Crippen LogP contribution in [0.1, 0.15) is 15.4 Å². The highest BCUT2D eigenvalue weighted by Crippen LogP contribution is 2.24. The number of para-hydroxylation sites is 1. The second-order valence-electron chi connectivity index (χ2n) is 4.83. The van der Waals surface area contributed by atoms with Crippen molar-refractivity contribution in [2.75, 3.05) is 6.54 Å². The van der Waals surface area contributed by atoms with Crippen LogP contribution in [-0.4, -0.2) is 17.4 Å². The zero-order valence-corrected chi connectivity index (χ0v) is 14.1. The largest absolute Gasteiger partial charge is 0.352 e. The van der Waals surface area contributed by atoms with Crippen LogP contribution in [0.5, 0.6) is 0 Å². The number of rotatable bonds is 4. The van der Waals surface area contributed by atoms with Crippen LogP contribution in [0.4, 0.5) is 4.39 Å². The Hall–Kier alpha value is -1.69. The van der Waals surface area contributed by atoms with Gasteiger partial charge in [-0.3, -0.25) is 4.79 Å². The molecular formula is C16H11Cl2FN2OS. The average Bonchev–Trinajstić information content (AvgIpc) is 2.93. The molecule has 1 N–H and O–H groups in total. The molecule has 1 aromatic heterocycles. The van der Waals surface area contributed by atoms with Gasteiger partial charge in [-0.25, -0.2) is 9.37 Å². The Balaban J connectivity index is 1.64. The molecule has 0 atom stereocenters. The Morgan fingerprint density at radius 2 is 2.00 bits per heavy atom. The van der Waals surface area contributed by atoms with Crippen LogP contribution >= 0.6 is 34.5 Å². The van der Waals surface area contributed by atoms with Crippen molar-refractivity contribution in [1.29, 1.82) is 0 Å². The number of carbonyl (C=O) groups excluding carboxylic acids is 1. The van der Waals surface area contributed by atoms with Crippen molar-refractivity contribution in [2.24, 2.45) is 0 Å². The first-order valence-electron chi connectivity index (χ1n) is 6.82. The molecule has 0 bridgehead atoms. The normalized spacial score (nSPS) is 10.9. The smallest absolute Gasteiger partial charge is 0.252 e. The summed E-state index contributed by atoms with van der Waals surface area (Å²) in [5.74, 6) is -1.11. The van der Waals surface area contributed by atoms with Crippen LogP contribution in [0.3, 0.4) is 0 Å². The third-order valence-electron chi connectivity index (χ3n) is 3.22. The number of benzene rings is 2. The first-order chi connectivity index (χ1) is 11.0. The van der Waals surface area contributed by atoms with Crippen molar-refractivity contribution in [2.45, 2.75) is 6.42 Å². The molecule has 2 aromatic carbocycles. The van der Waals surface area contributed by atoms with Gasteiger partial charge in [0.1, 0.15) is 5.82 Å². The summed E-state index contributed by atoms with van der Waals surface area (Å²) >= 11 is 13.1. The summed E-state index contributed by atoms with van der Waals surface area (Å²) in [7, 11) is 0. The minimum atomic E-state index is -0.674. The number of aromatic nitrogens is 1. The zero-order valence-electron chi connectivity index (χ0n) is 11.8. The second kappa shape index (κ2) is 6.83. The van der Waals surface area contributed by atoms with E-state index in [2.05, 4.69) is 10.3 Å². The molecule has 0 saturated heterocycles. The molecule has 118 valence electrons. The van der Waals surface area contributed by atoms with E-state index in [0.717, 1.165) is 21.3 Å². The lowest BCUT2D eigenvalue weighted by molar-refractivity contribution is 0.0954. The summed E-state index contributed by atoms with van der Waals surface area (Å²) in [6.07, 6.45) is 0.596. The van der Waals surface area contributed by atoms with Crippen LogP contribution in [-0.2, 0) is 6.42 Å². The molecule has 0 aliphatic rings. The minimum absolute atomic E-state index is 0.0675. The van der Waals surface area contributed by atoms with E-state index in [4.69, 9.17) is 23.2 Å². The fourth-order valence-corrected chi connectivity index (χ4v) is 3.54. The fraction of sp³-hybridized carbons (Fsp3) is 0.125. The lowest BCUT2D eigenvalue weighted by Crippen LogP contribution is -2.26. The lowest BCUT2D eigenvalue weighted by atomic mass is 10.2. The molecule has 0 saturated carbocycles. The molecule has 7 heteroatoms. The third-order valence-corrected chi connectivity index (χ3v) is 4.92. The Labute approximate surface area is 146 Å². The summed E-state index contributed by atoms with van der Waals surface area (Å²) in [6, 6.07) is 10.1. The summed E-state index contributed by atoms with van der Waals surface area (Å²) in [4.78, 5) is 16.6. The van der Waals surface area contributed by atoms with E-state index in [0.29, 0.717) is 13.0 Å². The highest BCUT2D eigenvalue weighted by molar-refractivity contribution is 7.18. The van der Waals surface area contributed by atoms with Gasteiger partial charge in [-0.15, -0.1) is 11.3 Å². The molecule has 0 unspecified atom stereocenters. The molecule has 1 amide bonds. The van der Waals surface area contributed by atoms with Gasteiger partial charge in [0.15, 0.2) is 0 Å². The maximum absolute atomic E-state index is 13.4. The number of halogens is 3. The second-order valence-corrected chi connectivity index (χ2v) is 6.76. The molecule has 0 aliphatic heterocycles. The predicted octanol–water partition coefficient (Wildman–Crippen LogP) is 4.71. The van der Waals surface area contributed by atoms with Crippen molar-refractivity contribution in [3.63, 3.8) is 0 Å².